The van der Waals surface area contributed by atoms with E-state index in [2.05, 4.69) is 5.32 Å². The number of hydrogen-bond acceptors (Lipinski definition) is 3. The molecular formula is C7H15AcNO3. The van der Waals surface area contributed by atoms with Gasteiger partial charge in [-0.3, -0.25) is 0 Å². The molecule has 0 aromatic heterocycles. The Labute approximate surface area is 108 Å². The van der Waals surface area contributed by atoms with Gasteiger partial charge in [0.15, 0.2) is 6.10 Å². The minimum Gasteiger partial charge on any atom is -0.479 e. The molecule has 12 heavy (non-hydrogen) atoms. The first-order chi connectivity index (χ1) is 5.00. The number of rotatable bonds is 4. The van der Waals surface area contributed by atoms with Crippen molar-refractivity contribution in [1.29, 1.82) is 0 Å². The zero-order chi connectivity index (χ0) is 9.02. The van der Waals surface area contributed by atoms with Gasteiger partial charge in [0.2, 0.25) is 0 Å². The van der Waals surface area contributed by atoms with Gasteiger partial charge in [0.05, 0.1) is 0 Å². The fourth-order valence-electron chi connectivity index (χ4n) is 1.01. The van der Waals surface area contributed by atoms with Crippen molar-refractivity contribution in [3.8, 4) is 0 Å². The molecule has 0 saturated heterocycles. The minimum atomic E-state index is -1.32. The summed E-state index contributed by atoms with van der Waals surface area (Å²) in [5, 5.41) is 20.3. The molecule has 1 unspecified atom stereocenters. The third-order valence-corrected chi connectivity index (χ3v) is 1.64. The van der Waals surface area contributed by atoms with Crippen LogP contribution in [0.1, 0.15) is 13.8 Å². The maximum absolute atomic E-state index is 10.3. The maximum Gasteiger partial charge on any atom is 0.334 e. The van der Waals surface area contributed by atoms with E-state index in [4.69, 9.17) is 10.2 Å². The first-order valence-corrected chi connectivity index (χ1v) is 3.58. The maximum atomic E-state index is 10.3. The quantitative estimate of drug-likeness (QED) is 0.618. The van der Waals surface area contributed by atoms with E-state index < -0.39 is 12.1 Å². The number of hydrogen-bond donors (Lipinski definition) is 3. The normalized spacial score (nSPS) is 15.1. The van der Waals surface area contributed by atoms with E-state index in [9.17, 15) is 4.79 Å². The molecule has 0 aliphatic heterocycles. The number of carboxylic acids is 1. The molecule has 0 bridgehead atoms. The van der Waals surface area contributed by atoms with Crippen LogP contribution < -0.4 is 5.32 Å². The molecule has 0 aromatic rings. The topological polar surface area (TPSA) is 69.6 Å². The van der Waals surface area contributed by atoms with Crippen LogP contribution in [0.25, 0.3) is 0 Å². The van der Waals surface area contributed by atoms with Gasteiger partial charge in [0.1, 0.15) is 0 Å². The molecule has 0 saturated carbocycles. The molecule has 0 aliphatic rings. The number of nitrogens with one attached hydrogen (secondary N) is 1. The van der Waals surface area contributed by atoms with Crippen LogP contribution in [0.2, 0.25) is 0 Å². The van der Waals surface area contributed by atoms with Crippen molar-refractivity contribution in [2.24, 2.45) is 5.92 Å². The second-order valence-electron chi connectivity index (χ2n) is 2.84. The standard InChI is InChI=1S/C7H15NO3.Ac/c1-4(2)5(8-3)6(9)7(10)11;/h4-6,8-9H,1-3H3,(H,10,11);/t5-,6?;/m0./s1. The monoisotopic (exact) mass is 388 g/mol. The summed E-state index contributed by atoms with van der Waals surface area (Å²) in [4.78, 5) is 10.3. The van der Waals surface area contributed by atoms with Crippen LogP contribution in [-0.2, 0) is 4.79 Å². The van der Waals surface area contributed by atoms with Crippen molar-refractivity contribution in [1.82, 2.24) is 5.32 Å². The number of carbonyl (C=O) groups is 1. The summed E-state index contributed by atoms with van der Waals surface area (Å²) in [7, 11) is 1.64. The fraction of sp³-hybridized carbons (Fsp3) is 0.857. The van der Waals surface area contributed by atoms with Crippen molar-refractivity contribution in [3.05, 3.63) is 0 Å². The Balaban J connectivity index is 0. The molecule has 0 aromatic carbocycles. The van der Waals surface area contributed by atoms with Crippen molar-refractivity contribution in [3.63, 3.8) is 0 Å². The predicted molar refractivity (Wildman–Crippen MR) is 41.3 cm³/mol. The summed E-state index contributed by atoms with van der Waals surface area (Å²) >= 11 is 0. The molecule has 0 fully saturated rings. The zero-order valence-corrected chi connectivity index (χ0v) is 12.4. The van der Waals surface area contributed by atoms with Gasteiger partial charge in [-0.15, -0.1) is 0 Å². The van der Waals surface area contributed by atoms with Gasteiger partial charge in [-0.1, -0.05) is 13.8 Å². The molecule has 4 nitrogen and oxygen atoms in total. The van der Waals surface area contributed by atoms with E-state index in [0.717, 1.165) is 0 Å². The average Bonchev–Trinajstić information content (AvgIpc) is 1.88. The average molecular weight is 388 g/mol. The summed E-state index contributed by atoms with van der Waals surface area (Å²) in [6.45, 7) is 3.71. The molecule has 0 heterocycles. The van der Waals surface area contributed by atoms with Gasteiger partial charge >= 0.3 is 5.97 Å². The van der Waals surface area contributed by atoms with Crippen molar-refractivity contribution in [2.75, 3.05) is 7.05 Å². The van der Waals surface area contributed by atoms with Crippen LogP contribution >= 0.6 is 0 Å². The van der Waals surface area contributed by atoms with Crippen LogP contribution in [0.15, 0.2) is 0 Å². The van der Waals surface area contributed by atoms with Crippen LogP contribution in [0.4, 0.5) is 0 Å². The number of likely N-dealkylation sites (N-methyl/N-ethyl adjacent to an activating group) is 1. The Morgan fingerprint density at radius 2 is 1.83 bits per heavy atom. The Morgan fingerprint density at radius 3 is 1.92 bits per heavy atom. The second-order valence-corrected chi connectivity index (χ2v) is 2.84. The molecule has 3 N–H and O–H groups in total. The molecule has 0 rings (SSSR count). The number of aliphatic hydroxyl groups excluding tert-OH is 1. The Morgan fingerprint density at radius 1 is 1.42 bits per heavy atom. The summed E-state index contributed by atoms with van der Waals surface area (Å²) in [5.74, 6) is -1.08. The molecule has 69 valence electrons. The summed E-state index contributed by atoms with van der Waals surface area (Å²) < 4.78 is 0. The largest absolute Gasteiger partial charge is 0.479 e. The number of aliphatic hydroxyl groups is 1. The summed E-state index contributed by atoms with van der Waals surface area (Å²) in [6.07, 6.45) is -1.32. The fourth-order valence-corrected chi connectivity index (χ4v) is 1.01. The van der Waals surface area contributed by atoms with Gasteiger partial charge < -0.3 is 15.5 Å². The molecule has 0 amide bonds. The van der Waals surface area contributed by atoms with E-state index in [1.165, 1.54) is 0 Å². The third kappa shape index (κ3) is 4.76. The molecule has 5 heteroatoms. The van der Waals surface area contributed by atoms with Gasteiger partial charge in [0.25, 0.3) is 0 Å². The van der Waals surface area contributed by atoms with E-state index in [-0.39, 0.29) is 56.0 Å². The molecule has 0 spiro atoms. The van der Waals surface area contributed by atoms with Crippen molar-refractivity contribution < 1.29 is 59.1 Å². The second kappa shape index (κ2) is 7.26. The van der Waals surface area contributed by atoms with Gasteiger partial charge in [-0.2, -0.15) is 0 Å². The number of aliphatic carboxylic acids is 1. The van der Waals surface area contributed by atoms with E-state index in [0.29, 0.717) is 0 Å². The van der Waals surface area contributed by atoms with E-state index in [1.807, 2.05) is 13.8 Å². The predicted octanol–water partition coefficient (Wildman–Crippen LogP) is -0.324. The zero-order valence-electron chi connectivity index (χ0n) is 7.61. The Bertz CT molecular complexity index is 141. The summed E-state index contributed by atoms with van der Waals surface area (Å²) in [6, 6.07) is -0.382. The van der Waals surface area contributed by atoms with Crippen LogP contribution in [-0.4, -0.2) is 35.4 Å². The third-order valence-electron chi connectivity index (χ3n) is 1.64. The molecule has 2 atom stereocenters. The van der Waals surface area contributed by atoms with Crippen molar-refractivity contribution in [2.45, 2.75) is 26.0 Å². The smallest absolute Gasteiger partial charge is 0.334 e. The first-order valence-electron chi connectivity index (χ1n) is 3.58. The Hall–Kier alpha value is 0.832. The molecule has 1 radical (unpaired) electrons. The van der Waals surface area contributed by atoms with Crippen LogP contribution in [0.5, 0.6) is 0 Å². The van der Waals surface area contributed by atoms with E-state index in [1.54, 1.807) is 7.05 Å². The first kappa shape index (κ1) is 15.3. The molecule has 0 aliphatic carbocycles. The SMILES string of the molecule is CN[C@@H](C(C)C)C(O)C(=O)O.[Ac]. The van der Waals surface area contributed by atoms with Crippen LogP contribution in [0.3, 0.4) is 0 Å². The van der Waals surface area contributed by atoms with Crippen LogP contribution in [0, 0.1) is 50.0 Å². The minimum absolute atomic E-state index is 0. The Kier molecular flexibility index (Phi) is 9.26. The van der Waals surface area contributed by atoms with E-state index >= 15 is 0 Å². The van der Waals surface area contributed by atoms with Gasteiger partial charge in [-0.05, 0) is 13.0 Å². The van der Waals surface area contributed by atoms with Crippen molar-refractivity contribution >= 4 is 5.97 Å². The van der Waals surface area contributed by atoms with Gasteiger partial charge in [0, 0.05) is 50.1 Å². The molecular weight excluding hydrogens is 373 g/mol. The summed E-state index contributed by atoms with van der Waals surface area (Å²) in [5.41, 5.74) is 0. The van der Waals surface area contributed by atoms with Gasteiger partial charge in [-0.25, -0.2) is 4.79 Å². The number of carboxylic acid groups (broad SMARTS) is 1.